The van der Waals surface area contributed by atoms with Crippen molar-refractivity contribution in [1.29, 1.82) is 0 Å². The van der Waals surface area contributed by atoms with Crippen LogP contribution in [-0.2, 0) is 25.6 Å². The number of aromatic hydroxyl groups is 1. The minimum atomic E-state index is -1.63. The highest BCUT2D eigenvalue weighted by molar-refractivity contribution is 7.98. The zero-order chi connectivity index (χ0) is 25.8. The minimum absolute atomic E-state index is 0.00980. The molecule has 0 radical (unpaired) electrons. The summed E-state index contributed by atoms with van der Waals surface area (Å²) in [6, 6.07) is 0.642. The Hall–Kier alpha value is -2.87. The van der Waals surface area contributed by atoms with E-state index in [1.807, 2.05) is 11.6 Å². The molecule has 0 heterocycles. The fraction of sp³-hybridized carbons (Fsp3) is 0.524. The van der Waals surface area contributed by atoms with Crippen LogP contribution in [0.15, 0.2) is 24.3 Å². The van der Waals surface area contributed by atoms with Crippen molar-refractivity contribution in [2.45, 2.75) is 50.0 Å². The molecule has 1 aromatic carbocycles. The van der Waals surface area contributed by atoms with E-state index in [0.29, 0.717) is 17.7 Å². The van der Waals surface area contributed by atoms with E-state index < -0.39 is 60.6 Å². The van der Waals surface area contributed by atoms with Crippen molar-refractivity contribution in [1.82, 2.24) is 16.0 Å². The third-order valence-corrected chi connectivity index (χ3v) is 5.48. The maximum Gasteiger partial charge on any atom is 0.328 e. The van der Waals surface area contributed by atoms with Gasteiger partial charge in [-0.1, -0.05) is 12.1 Å². The van der Waals surface area contributed by atoms with Gasteiger partial charge in [0.05, 0.1) is 18.8 Å². The summed E-state index contributed by atoms with van der Waals surface area (Å²) < 4.78 is 0. The quantitative estimate of drug-likeness (QED) is 0.140. The highest BCUT2D eigenvalue weighted by Gasteiger charge is 2.32. The number of carbonyl (C=O) groups is 4. The predicted molar refractivity (Wildman–Crippen MR) is 125 cm³/mol. The van der Waals surface area contributed by atoms with Gasteiger partial charge in [-0.15, -0.1) is 0 Å². The molecule has 1 rings (SSSR count). The Balaban J connectivity index is 3.06. The van der Waals surface area contributed by atoms with Gasteiger partial charge in [0, 0.05) is 6.42 Å². The lowest BCUT2D eigenvalue weighted by atomic mass is 10.0. The van der Waals surface area contributed by atoms with E-state index in [1.165, 1.54) is 30.8 Å². The number of nitrogens with two attached hydrogens (primary N) is 1. The fourth-order valence-electron chi connectivity index (χ4n) is 2.84. The Bertz CT molecular complexity index is 837. The van der Waals surface area contributed by atoms with E-state index in [2.05, 4.69) is 10.6 Å². The van der Waals surface area contributed by atoms with E-state index in [0.717, 1.165) is 0 Å². The first kappa shape index (κ1) is 29.2. The zero-order valence-corrected chi connectivity index (χ0v) is 19.7. The van der Waals surface area contributed by atoms with Crippen LogP contribution >= 0.6 is 11.8 Å². The van der Waals surface area contributed by atoms with E-state index in [1.54, 1.807) is 12.1 Å². The fourth-order valence-corrected chi connectivity index (χ4v) is 3.33. The molecule has 3 amide bonds. The van der Waals surface area contributed by atoms with Gasteiger partial charge < -0.3 is 42.1 Å². The van der Waals surface area contributed by atoms with E-state index in [4.69, 9.17) is 15.9 Å². The number of rotatable bonds is 14. The predicted octanol–water partition coefficient (Wildman–Crippen LogP) is -2.07. The molecule has 0 aliphatic rings. The lowest BCUT2D eigenvalue weighted by molar-refractivity contribution is -0.144. The van der Waals surface area contributed by atoms with Crippen molar-refractivity contribution in [2.24, 2.45) is 5.73 Å². The molecule has 0 spiro atoms. The van der Waals surface area contributed by atoms with E-state index in [9.17, 15) is 29.4 Å². The van der Waals surface area contributed by atoms with Gasteiger partial charge >= 0.3 is 5.97 Å². The van der Waals surface area contributed by atoms with Crippen LogP contribution in [-0.4, -0.2) is 93.0 Å². The van der Waals surface area contributed by atoms with Gasteiger partial charge in [-0.2, -0.15) is 11.8 Å². The van der Waals surface area contributed by atoms with Crippen LogP contribution in [0.3, 0.4) is 0 Å². The second-order valence-electron chi connectivity index (χ2n) is 7.63. The summed E-state index contributed by atoms with van der Waals surface area (Å²) >= 11 is 1.51. The molecule has 0 saturated heterocycles. The molecule has 0 aliphatic carbocycles. The smallest absolute Gasteiger partial charge is 0.328 e. The van der Waals surface area contributed by atoms with Gasteiger partial charge in [-0.05, 0) is 43.0 Å². The second-order valence-corrected chi connectivity index (χ2v) is 8.61. The van der Waals surface area contributed by atoms with Crippen molar-refractivity contribution in [3.63, 3.8) is 0 Å². The molecular formula is C21H32N4O8S. The number of aliphatic carboxylic acids is 1. The Morgan fingerprint density at radius 1 is 1.00 bits per heavy atom. The molecule has 5 atom stereocenters. The first-order valence-corrected chi connectivity index (χ1v) is 11.8. The number of phenols is 1. The number of nitrogens with one attached hydrogen (secondary N) is 3. The maximum atomic E-state index is 13.0. The van der Waals surface area contributed by atoms with Crippen LogP contribution in [0.25, 0.3) is 0 Å². The van der Waals surface area contributed by atoms with E-state index in [-0.39, 0.29) is 12.2 Å². The number of thioether (sulfide) groups is 1. The number of hydrogen-bond acceptors (Lipinski definition) is 9. The summed E-state index contributed by atoms with van der Waals surface area (Å²) in [5, 5.41) is 44.5. The molecule has 9 N–H and O–H groups in total. The van der Waals surface area contributed by atoms with Crippen LogP contribution in [0.5, 0.6) is 5.75 Å². The van der Waals surface area contributed by atoms with Gasteiger partial charge in [0.1, 0.15) is 23.9 Å². The molecule has 190 valence electrons. The highest BCUT2D eigenvalue weighted by atomic mass is 32.2. The van der Waals surface area contributed by atoms with Gasteiger partial charge in [0.15, 0.2) is 0 Å². The molecule has 0 saturated carbocycles. The summed E-state index contributed by atoms with van der Waals surface area (Å²) in [6.45, 7) is 0.320. The molecule has 34 heavy (non-hydrogen) atoms. The zero-order valence-electron chi connectivity index (χ0n) is 18.9. The second kappa shape index (κ2) is 14.4. The molecule has 0 bridgehead atoms. The molecular weight excluding hydrogens is 468 g/mol. The normalized spacial score (nSPS) is 15.3. The molecule has 13 heteroatoms. The maximum absolute atomic E-state index is 13.0. The van der Waals surface area contributed by atoms with Crippen LogP contribution in [0.1, 0.15) is 18.9 Å². The largest absolute Gasteiger partial charge is 0.508 e. The number of aliphatic hydroxyl groups is 2. The number of carboxylic acid groups (broad SMARTS) is 1. The van der Waals surface area contributed by atoms with Crippen molar-refractivity contribution in [3.05, 3.63) is 29.8 Å². The van der Waals surface area contributed by atoms with Crippen LogP contribution < -0.4 is 21.7 Å². The highest BCUT2D eigenvalue weighted by Crippen LogP contribution is 2.12. The number of carboxylic acids is 1. The average molecular weight is 501 g/mol. The molecule has 5 unspecified atom stereocenters. The van der Waals surface area contributed by atoms with Crippen LogP contribution in [0.2, 0.25) is 0 Å². The summed E-state index contributed by atoms with van der Waals surface area (Å²) in [6.07, 6.45) is 0.789. The SMILES string of the molecule is CSCCC(N)C(=O)NC(Cc1ccc(O)cc1)C(=O)NC(C(=O)NC(CO)C(=O)O)C(C)O. The standard InChI is InChI=1S/C21H32N4O8S/c1-11(27)17(20(31)24-16(10-26)21(32)33)25-19(30)15(9-12-3-5-13(28)6-4-12)23-18(29)14(22)7-8-34-2/h3-6,11,14-17,26-28H,7-10,22H2,1-2H3,(H,23,29)(H,24,31)(H,25,30)(H,32,33). The monoisotopic (exact) mass is 500 g/mol. The number of phenolic OH excluding ortho intramolecular Hbond substituents is 1. The van der Waals surface area contributed by atoms with Crippen LogP contribution in [0, 0.1) is 0 Å². The molecule has 12 nitrogen and oxygen atoms in total. The number of aliphatic hydroxyl groups excluding tert-OH is 2. The first-order valence-electron chi connectivity index (χ1n) is 10.4. The molecule has 0 aliphatic heterocycles. The summed E-state index contributed by atoms with van der Waals surface area (Å²) in [4.78, 5) is 49.1. The van der Waals surface area contributed by atoms with Gasteiger partial charge in [-0.3, -0.25) is 14.4 Å². The third kappa shape index (κ3) is 9.55. The average Bonchev–Trinajstić information content (AvgIpc) is 2.79. The minimum Gasteiger partial charge on any atom is -0.508 e. The van der Waals surface area contributed by atoms with Crippen molar-refractivity contribution >= 4 is 35.5 Å². The number of carbonyl (C=O) groups excluding carboxylic acids is 3. The van der Waals surface area contributed by atoms with Crippen molar-refractivity contribution < 1.29 is 39.6 Å². The van der Waals surface area contributed by atoms with Crippen molar-refractivity contribution in [3.8, 4) is 5.75 Å². The number of hydrogen-bond donors (Lipinski definition) is 8. The topological polar surface area (TPSA) is 211 Å². The molecule has 0 aromatic heterocycles. The lowest BCUT2D eigenvalue weighted by Gasteiger charge is -2.26. The Labute approximate surface area is 201 Å². The summed E-state index contributed by atoms with van der Waals surface area (Å²) in [5.41, 5.74) is 6.47. The molecule has 1 aromatic rings. The Morgan fingerprint density at radius 3 is 2.09 bits per heavy atom. The van der Waals surface area contributed by atoms with Gasteiger partial charge in [0.25, 0.3) is 0 Å². The Morgan fingerprint density at radius 2 is 1.59 bits per heavy atom. The third-order valence-electron chi connectivity index (χ3n) is 4.84. The van der Waals surface area contributed by atoms with E-state index >= 15 is 0 Å². The number of benzene rings is 1. The van der Waals surface area contributed by atoms with Gasteiger partial charge in [-0.25, -0.2) is 4.79 Å². The summed E-state index contributed by atoms with van der Waals surface area (Å²) in [5.74, 6) is -3.30. The lowest BCUT2D eigenvalue weighted by Crippen LogP contribution is -2.60. The number of amides is 3. The van der Waals surface area contributed by atoms with Crippen LogP contribution in [0.4, 0.5) is 0 Å². The summed E-state index contributed by atoms with van der Waals surface area (Å²) in [7, 11) is 0. The Kier molecular flexibility index (Phi) is 12.4. The molecule has 0 fully saturated rings. The van der Waals surface area contributed by atoms with Crippen molar-refractivity contribution in [2.75, 3.05) is 18.6 Å². The van der Waals surface area contributed by atoms with Gasteiger partial charge in [0.2, 0.25) is 17.7 Å². The first-order chi connectivity index (χ1) is 16.0.